The molecule has 0 amide bonds. The van der Waals surface area contributed by atoms with Gasteiger partial charge in [-0.1, -0.05) is 5.17 Å². The number of hydrazine groups is 1. The summed E-state index contributed by atoms with van der Waals surface area (Å²) in [6.07, 6.45) is 0. The molecule has 0 aromatic heterocycles. The van der Waals surface area contributed by atoms with Crippen LogP contribution in [-0.4, -0.2) is 32.9 Å². The molecule has 74 valence electrons. The molecule has 8 N–H and O–H groups in total. The maximum absolute atomic E-state index is 9.14. The summed E-state index contributed by atoms with van der Waals surface area (Å²) in [6.45, 7) is 0. The van der Waals surface area contributed by atoms with E-state index in [9.17, 15) is 0 Å². The van der Waals surface area contributed by atoms with Gasteiger partial charge in [-0.3, -0.25) is 10.4 Å². The zero-order valence-electron chi connectivity index (χ0n) is 6.89. The van der Waals surface area contributed by atoms with Crippen LogP contribution in [0, 0.1) is 0 Å². The van der Waals surface area contributed by atoms with Crippen LogP contribution in [0.4, 0.5) is 0 Å². The van der Waals surface area contributed by atoms with Crippen molar-refractivity contribution in [1.29, 1.82) is 0 Å². The lowest BCUT2D eigenvalue weighted by molar-refractivity contribution is -0.346. The molecule has 0 saturated heterocycles. The molecule has 8 heteroatoms. The first-order chi connectivity index (χ1) is 6.00. The highest BCUT2D eigenvalue weighted by molar-refractivity contribution is 5.32. The minimum atomic E-state index is -0.707. The van der Waals surface area contributed by atoms with Crippen LogP contribution in [0.3, 0.4) is 0 Å². The Morgan fingerprint density at radius 2 is 1.77 bits per heavy atom. The molecular weight excluding hydrogens is 178 g/mol. The second-order valence-electron chi connectivity index (χ2n) is 2.33. The lowest BCUT2D eigenvalue weighted by Crippen LogP contribution is -2.46. The number of nitrogens with zero attached hydrogens (tertiary/aromatic N) is 2. The van der Waals surface area contributed by atoms with E-state index in [2.05, 4.69) is 5.32 Å². The van der Waals surface area contributed by atoms with Gasteiger partial charge >= 0.3 is 0 Å². The highest BCUT2D eigenvalue weighted by Crippen LogP contribution is 2.19. The van der Waals surface area contributed by atoms with E-state index >= 15 is 0 Å². The minimum Gasteiger partial charge on any atom is -0.490 e. The first-order valence-corrected chi connectivity index (χ1v) is 3.35. The maximum Gasteiger partial charge on any atom is 0.261 e. The van der Waals surface area contributed by atoms with E-state index in [-0.39, 0.29) is 27.6 Å². The van der Waals surface area contributed by atoms with Gasteiger partial charge in [-0.25, -0.2) is 0 Å². The van der Waals surface area contributed by atoms with Crippen molar-refractivity contribution >= 4 is 0 Å². The zero-order valence-corrected chi connectivity index (χ0v) is 6.89. The van der Waals surface area contributed by atoms with E-state index in [0.29, 0.717) is 0 Å². The molecule has 13 heavy (non-hydrogen) atoms. The average molecular weight is 189 g/mol. The minimum absolute atomic E-state index is 0.0194. The van der Waals surface area contributed by atoms with Crippen molar-refractivity contribution in [2.24, 2.45) is 11.5 Å². The second-order valence-corrected chi connectivity index (χ2v) is 2.33. The number of nitrogens with two attached hydrogens (primary N) is 2. The Bertz CT molecular complexity index is 286. The van der Waals surface area contributed by atoms with Gasteiger partial charge in [-0.05, 0) is 0 Å². The predicted molar refractivity (Wildman–Crippen MR) is 41.4 cm³/mol. The van der Waals surface area contributed by atoms with Crippen molar-refractivity contribution in [2.75, 3.05) is 7.05 Å². The molecule has 0 saturated carbocycles. The highest BCUT2D eigenvalue weighted by Gasteiger charge is 2.28. The lowest BCUT2D eigenvalue weighted by Gasteiger charge is -2.31. The van der Waals surface area contributed by atoms with Gasteiger partial charge in [0, 0.05) is 7.05 Å². The SMILES string of the molecule is CNC1=C(N)N(O)N(O)C(O)=C1N. The summed E-state index contributed by atoms with van der Waals surface area (Å²) in [7, 11) is 1.50. The molecule has 0 unspecified atom stereocenters. The summed E-state index contributed by atoms with van der Waals surface area (Å²) in [6, 6.07) is 0. The van der Waals surface area contributed by atoms with Crippen molar-refractivity contribution in [1.82, 2.24) is 15.7 Å². The number of likely N-dealkylation sites (N-methyl/N-ethyl adjacent to an activating group) is 1. The molecule has 1 rings (SSSR count). The van der Waals surface area contributed by atoms with Gasteiger partial charge in [0.15, 0.2) is 5.82 Å². The van der Waals surface area contributed by atoms with Crippen molar-refractivity contribution < 1.29 is 15.5 Å². The van der Waals surface area contributed by atoms with Crippen LogP contribution >= 0.6 is 0 Å². The Labute approximate surface area is 73.8 Å². The van der Waals surface area contributed by atoms with Gasteiger partial charge < -0.3 is 21.9 Å². The predicted octanol–water partition coefficient (Wildman–Crippen LogP) is -1.67. The highest BCUT2D eigenvalue weighted by atomic mass is 16.7. The molecule has 0 spiro atoms. The monoisotopic (exact) mass is 189 g/mol. The van der Waals surface area contributed by atoms with E-state index < -0.39 is 5.88 Å². The number of hydrogen-bond acceptors (Lipinski definition) is 8. The van der Waals surface area contributed by atoms with Crippen molar-refractivity contribution in [2.45, 2.75) is 0 Å². The van der Waals surface area contributed by atoms with E-state index in [1.807, 2.05) is 0 Å². The molecule has 0 aliphatic carbocycles. The number of nitrogens with one attached hydrogen (secondary N) is 1. The third-order valence-electron chi connectivity index (χ3n) is 1.60. The summed E-state index contributed by atoms with van der Waals surface area (Å²) in [5.41, 5.74) is 10.7. The van der Waals surface area contributed by atoms with Gasteiger partial charge in [0.2, 0.25) is 0 Å². The third kappa shape index (κ3) is 1.17. The fourth-order valence-electron chi connectivity index (χ4n) is 0.912. The van der Waals surface area contributed by atoms with Gasteiger partial charge in [-0.2, -0.15) is 0 Å². The number of aliphatic hydroxyl groups excluding tert-OH is 1. The summed E-state index contributed by atoms with van der Waals surface area (Å²) in [5, 5.41) is 29.9. The maximum atomic E-state index is 9.14. The van der Waals surface area contributed by atoms with E-state index in [4.69, 9.17) is 27.0 Å². The zero-order chi connectivity index (χ0) is 10.2. The second kappa shape index (κ2) is 2.92. The molecule has 1 heterocycles. The Morgan fingerprint density at radius 1 is 1.23 bits per heavy atom. The van der Waals surface area contributed by atoms with Crippen LogP contribution in [-0.2, 0) is 0 Å². The Hall–Kier alpha value is -1.80. The van der Waals surface area contributed by atoms with Crippen molar-refractivity contribution in [3.05, 3.63) is 23.1 Å². The molecule has 0 aromatic carbocycles. The molecule has 0 atom stereocenters. The number of hydroxylamine groups is 2. The first-order valence-electron chi connectivity index (χ1n) is 3.35. The topological polar surface area (TPSA) is 131 Å². The smallest absolute Gasteiger partial charge is 0.261 e. The van der Waals surface area contributed by atoms with Crippen molar-refractivity contribution in [3.63, 3.8) is 0 Å². The molecule has 0 aromatic rings. The van der Waals surface area contributed by atoms with Crippen LogP contribution in [0.25, 0.3) is 0 Å². The van der Waals surface area contributed by atoms with Crippen LogP contribution in [0.5, 0.6) is 0 Å². The van der Waals surface area contributed by atoms with Crippen LogP contribution < -0.4 is 16.8 Å². The van der Waals surface area contributed by atoms with Crippen LogP contribution in [0.15, 0.2) is 23.1 Å². The molecule has 1 aliphatic heterocycles. The van der Waals surface area contributed by atoms with Gasteiger partial charge in [-0.15, -0.1) is 5.17 Å². The molecular formula is C5H11N5O3. The first kappa shape index (κ1) is 9.29. The Morgan fingerprint density at radius 3 is 2.23 bits per heavy atom. The standard InChI is InChI=1S/C5H11N5O3/c1-8-3-2(6)5(11)10(13)9(12)4(3)7/h8,11-13H,6-7H2,1H3. The fourth-order valence-corrected chi connectivity index (χ4v) is 0.912. The third-order valence-corrected chi connectivity index (χ3v) is 1.60. The largest absolute Gasteiger partial charge is 0.490 e. The summed E-state index contributed by atoms with van der Waals surface area (Å²) < 4.78 is 0. The van der Waals surface area contributed by atoms with E-state index in [0.717, 1.165) is 0 Å². The van der Waals surface area contributed by atoms with Crippen molar-refractivity contribution in [3.8, 4) is 0 Å². The number of hydrogen-bond donors (Lipinski definition) is 6. The van der Waals surface area contributed by atoms with Gasteiger partial charge in [0.05, 0.1) is 0 Å². The molecule has 8 nitrogen and oxygen atoms in total. The Kier molecular flexibility index (Phi) is 2.09. The van der Waals surface area contributed by atoms with Crippen LogP contribution in [0.2, 0.25) is 0 Å². The van der Waals surface area contributed by atoms with E-state index in [1.54, 1.807) is 0 Å². The van der Waals surface area contributed by atoms with E-state index in [1.165, 1.54) is 7.05 Å². The van der Waals surface area contributed by atoms with Gasteiger partial charge in [0.1, 0.15) is 11.4 Å². The van der Waals surface area contributed by atoms with Gasteiger partial charge in [0.25, 0.3) is 5.88 Å². The Balaban J connectivity index is 3.19. The fraction of sp³-hybridized carbons (Fsp3) is 0.200. The summed E-state index contributed by atoms with van der Waals surface area (Å²) in [4.78, 5) is 0. The lowest BCUT2D eigenvalue weighted by atomic mass is 10.3. The average Bonchev–Trinajstić information content (AvgIpc) is 2.13. The van der Waals surface area contributed by atoms with Crippen LogP contribution in [0.1, 0.15) is 0 Å². The quantitative estimate of drug-likeness (QED) is 0.288. The summed E-state index contributed by atoms with van der Waals surface area (Å²) in [5.74, 6) is -0.929. The summed E-state index contributed by atoms with van der Waals surface area (Å²) >= 11 is 0. The molecule has 1 aliphatic rings. The number of rotatable bonds is 1. The normalized spacial score (nSPS) is 18.4. The number of aliphatic hydroxyl groups is 1. The molecule has 0 fully saturated rings. The molecule has 0 bridgehead atoms. The molecule has 0 radical (unpaired) electrons.